The lowest BCUT2D eigenvalue weighted by atomic mass is 10.1. The zero-order valence-electron chi connectivity index (χ0n) is 11.5. The Bertz CT molecular complexity index is 617. The molecule has 0 aliphatic carbocycles. The third kappa shape index (κ3) is 2.20. The van der Waals surface area contributed by atoms with Gasteiger partial charge in [0.1, 0.15) is 5.82 Å². The van der Waals surface area contributed by atoms with E-state index in [1.54, 1.807) is 6.20 Å². The molecular weight excluding hydrogens is 252 g/mol. The summed E-state index contributed by atoms with van der Waals surface area (Å²) < 4.78 is 2.01. The van der Waals surface area contributed by atoms with E-state index in [0.29, 0.717) is 13.0 Å². The summed E-state index contributed by atoms with van der Waals surface area (Å²) in [4.78, 5) is 18.0. The molecule has 0 radical (unpaired) electrons. The van der Waals surface area contributed by atoms with Crippen LogP contribution < -0.4 is 10.6 Å². The molecule has 1 unspecified atom stereocenters. The third-order valence-electron chi connectivity index (χ3n) is 3.80. The minimum Gasteiger partial charge on any atom is -0.330 e. The number of anilines is 1. The predicted molar refractivity (Wildman–Crippen MR) is 77.8 cm³/mol. The van der Waals surface area contributed by atoms with Gasteiger partial charge < -0.3 is 15.2 Å². The molecule has 2 N–H and O–H groups in total. The van der Waals surface area contributed by atoms with Crippen LogP contribution in [0.25, 0.3) is 5.69 Å². The van der Waals surface area contributed by atoms with Crippen molar-refractivity contribution in [2.45, 2.75) is 13.3 Å². The highest BCUT2D eigenvalue weighted by Gasteiger charge is 2.29. The van der Waals surface area contributed by atoms with Crippen LogP contribution in [0.5, 0.6) is 0 Å². The largest absolute Gasteiger partial charge is 0.330 e. The van der Waals surface area contributed by atoms with Crippen LogP contribution in [0.3, 0.4) is 0 Å². The van der Waals surface area contributed by atoms with Gasteiger partial charge in [-0.2, -0.15) is 0 Å². The van der Waals surface area contributed by atoms with E-state index >= 15 is 0 Å². The van der Waals surface area contributed by atoms with Crippen molar-refractivity contribution < 1.29 is 4.79 Å². The first kappa shape index (κ1) is 12.9. The summed E-state index contributed by atoms with van der Waals surface area (Å²) in [6, 6.07) is 7.97. The molecule has 3 rings (SSSR count). The normalized spacial score (nSPS) is 18.8. The van der Waals surface area contributed by atoms with Crippen LogP contribution in [0.1, 0.15) is 12.2 Å². The fourth-order valence-corrected chi connectivity index (χ4v) is 2.63. The molecule has 1 aromatic heterocycles. The van der Waals surface area contributed by atoms with E-state index in [4.69, 9.17) is 5.73 Å². The molecule has 1 aromatic carbocycles. The maximum Gasteiger partial charge on any atom is 0.227 e. The first-order valence-corrected chi connectivity index (χ1v) is 6.80. The van der Waals surface area contributed by atoms with Crippen LogP contribution in [0, 0.1) is 12.8 Å². The molecule has 5 nitrogen and oxygen atoms in total. The second-order valence-corrected chi connectivity index (χ2v) is 5.17. The average Bonchev–Trinajstić information content (AvgIpc) is 3.05. The fourth-order valence-electron chi connectivity index (χ4n) is 2.63. The fraction of sp³-hybridized carbons (Fsp3) is 0.333. The Morgan fingerprint density at radius 2 is 2.00 bits per heavy atom. The van der Waals surface area contributed by atoms with Gasteiger partial charge in [-0.3, -0.25) is 4.79 Å². The number of rotatable bonds is 3. The van der Waals surface area contributed by atoms with Gasteiger partial charge in [0, 0.05) is 36.7 Å². The van der Waals surface area contributed by atoms with Crippen molar-refractivity contribution in [3.8, 4) is 5.69 Å². The van der Waals surface area contributed by atoms with Gasteiger partial charge >= 0.3 is 0 Å². The number of carbonyl (C=O) groups excluding carboxylic acids is 1. The molecule has 1 aliphatic rings. The molecular formula is C15H18N4O. The van der Waals surface area contributed by atoms with E-state index in [9.17, 15) is 4.79 Å². The Hall–Kier alpha value is -2.14. The molecule has 2 aromatic rings. The number of nitrogens with zero attached hydrogens (tertiary/aromatic N) is 3. The van der Waals surface area contributed by atoms with E-state index < -0.39 is 0 Å². The Balaban J connectivity index is 1.84. The molecule has 5 heteroatoms. The molecule has 1 amide bonds. The van der Waals surface area contributed by atoms with Crippen LogP contribution in [0.15, 0.2) is 36.7 Å². The minimum absolute atomic E-state index is 0.159. The van der Waals surface area contributed by atoms with Gasteiger partial charge in [0.15, 0.2) is 0 Å². The average molecular weight is 270 g/mol. The van der Waals surface area contributed by atoms with Crippen LogP contribution in [-0.4, -0.2) is 28.5 Å². The number of carbonyl (C=O) groups is 1. The molecule has 1 aliphatic heterocycles. The van der Waals surface area contributed by atoms with Crippen molar-refractivity contribution in [3.63, 3.8) is 0 Å². The number of aromatic nitrogens is 2. The lowest BCUT2D eigenvalue weighted by Crippen LogP contribution is -2.25. The lowest BCUT2D eigenvalue weighted by Gasteiger charge is -2.17. The summed E-state index contributed by atoms with van der Waals surface area (Å²) in [7, 11) is 0. The Morgan fingerprint density at radius 1 is 1.30 bits per heavy atom. The Morgan fingerprint density at radius 3 is 2.55 bits per heavy atom. The van der Waals surface area contributed by atoms with Crippen LogP contribution >= 0.6 is 0 Å². The third-order valence-corrected chi connectivity index (χ3v) is 3.80. The number of amides is 1. The topological polar surface area (TPSA) is 64.2 Å². The molecule has 0 saturated carbocycles. The summed E-state index contributed by atoms with van der Waals surface area (Å²) in [5, 5.41) is 0. The van der Waals surface area contributed by atoms with Crippen molar-refractivity contribution in [2.24, 2.45) is 11.7 Å². The zero-order valence-corrected chi connectivity index (χ0v) is 11.5. The molecule has 2 heterocycles. The van der Waals surface area contributed by atoms with E-state index in [1.165, 1.54) is 0 Å². The van der Waals surface area contributed by atoms with Crippen LogP contribution in [0.4, 0.5) is 5.69 Å². The van der Waals surface area contributed by atoms with Gasteiger partial charge in [0.25, 0.3) is 0 Å². The van der Waals surface area contributed by atoms with E-state index in [0.717, 1.165) is 23.7 Å². The predicted octanol–water partition coefficient (Wildman–Crippen LogP) is 1.49. The second-order valence-electron chi connectivity index (χ2n) is 5.17. The zero-order chi connectivity index (χ0) is 14.1. The number of hydrogen-bond acceptors (Lipinski definition) is 3. The first-order valence-electron chi connectivity index (χ1n) is 6.80. The first-order chi connectivity index (χ1) is 9.69. The molecule has 104 valence electrons. The van der Waals surface area contributed by atoms with Crippen molar-refractivity contribution >= 4 is 11.6 Å². The summed E-state index contributed by atoms with van der Waals surface area (Å²) in [6.07, 6.45) is 4.26. The number of aryl methyl sites for hydroxylation is 1. The summed E-state index contributed by atoms with van der Waals surface area (Å²) in [6.45, 7) is 3.25. The number of imidazole rings is 1. The van der Waals surface area contributed by atoms with Crippen molar-refractivity contribution in [2.75, 3.05) is 18.0 Å². The maximum atomic E-state index is 12.0. The summed E-state index contributed by atoms with van der Waals surface area (Å²) in [5.74, 6) is 1.38. The highest BCUT2D eigenvalue weighted by atomic mass is 16.2. The van der Waals surface area contributed by atoms with E-state index in [2.05, 4.69) is 4.98 Å². The van der Waals surface area contributed by atoms with E-state index in [-0.39, 0.29) is 11.8 Å². The molecule has 1 saturated heterocycles. The number of benzene rings is 1. The van der Waals surface area contributed by atoms with Gasteiger partial charge in [-0.1, -0.05) is 0 Å². The number of hydrogen-bond donors (Lipinski definition) is 1. The molecule has 20 heavy (non-hydrogen) atoms. The van der Waals surface area contributed by atoms with Crippen molar-refractivity contribution in [3.05, 3.63) is 42.5 Å². The number of nitrogens with two attached hydrogens (primary N) is 1. The molecule has 0 spiro atoms. The van der Waals surface area contributed by atoms with Crippen LogP contribution in [0.2, 0.25) is 0 Å². The Kier molecular flexibility index (Phi) is 3.28. The molecule has 0 bridgehead atoms. The molecule has 1 atom stereocenters. The monoisotopic (exact) mass is 270 g/mol. The van der Waals surface area contributed by atoms with Gasteiger partial charge in [-0.15, -0.1) is 0 Å². The standard InChI is InChI=1S/C15H18N4O/c1-11-17-6-7-18(11)13-2-4-14(5-3-13)19-10-12(9-16)8-15(19)20/h2-7,12H,8-10,16H2,1H3. The van der Waals surface area contributed by atoms with Crippen molar-refractivity contribution in [1.29, 1.82) is 0 Å². The van der Waals surface area contributed by atoms with Gasteiger partial charge in [-0.05, 0) is 43.7 Å². The highest BCUT2D eigenvalue weighted by Crippen LogP contribution is 2.25. The second kappa shape index (κ2) is 5.09. The van der Waals surface area contributed by atoms with Crippen LogP contribution in [-0.2, 0) is 4.79 Å². The van der Waals surface area contributed by atoms with Crippen molar-refractivity contribution in [1.82, 2.24) is 9.55 Å². The SMILES string of the molecule is Cc1nccn1-c1ccc(N2CC(CN)CC2=O)cc1. The van der Waals surface area contributed by atoms with Gasteiger partial charge in [-0.25, -0.2) is 4.98 Å². The smallest absolute Gasteiger partial charge is 0.227 e. The Labute approximate surface area is 118 Å². The van der Waals surface area contributed by atoms with E-state index in [1.807, 2.05) is 46.9 Å². The van der Waals surface area contributed by atoms with Gasteiger partial charge in [0.2, 0.25) is 5.91 Å². The van der Waals surface area contributed by atoms with Gasteiger partial charge in [0.05, 0.1) is 0 Å². The summed E-state index contributed by atoms with van der Waals surface area (Å²) >= 11 is 0. The lowest BCUT2D eigenvalue weighted by molar-refractivity contribution is -0.117. The highest BCUT2D eigenvalue weighted by molar-refractivity contribution is 5.95. The summed E-state index contributed by atoms with van der Waals surface area (Å²) in [5.41, 5.74) is 7.64. The minimum atomic E-state index is 0.159. The quantitative estimate of drug-likeness (QED) is 0.919. The molecule has 1 fully saturated rings. The maximum absolute atomic E-state index is 12.0.